The fraction of sp³-hybridized carbons (Fsp3) is 0.529. The van der Waals surface area contributed by atoms with Crippen LogP contribution in [0.25, 0.3) is 0 Å². The molecule has 2 rings (SSSR count). The molecule has 4 nitrogen and oxygen atoms in total. The molecule has 4 heteroatoms. The van der Waals surface area contributed by atoms with E-state index in [2.05, 4.69) is 36.0 Å². The predicted molar refractivity (Wildman–Crippen MR) is 83.7 cm³/mol. The van der Waals surface area contributed by atoms with Gasteiger partial charge in [-0.3, -0.25) is 4.79 Å². The van der Waals surface area contributed by atoms with Gasteiger partial charge < -0.3 is 11.1 Å². The largest absolute Gasteiger partial charge is 0.348 e. The summed E-state index contributed by atoms with van der Waals surface area (Å²) in [5.41, 5.74) is 6.71. The number of carbonyl (C=O) groups excluding carboxylic acids is 1. The van der Waals surface area contributed by atoms with Crippen LogP contribution in [0, 0.1) is 17.3 Å². The van der Waals surface area contributed by atoms with Gasteiger partial charge in [-0.1, -0.05) is 32.1 Å². The van der Waals surface area contributed by atoms with Crippen molar-refractivity contribution in [2.24, 2.45) is 11.1 Å². The van der Waals surface area contributed by atoms with Crippen molar-refractivity contribution in [3.63, 3.8) is 0 Å². The van der Waals surface area contributed by atoms with Crippen LogP contribution in [0.2, 0.25) is 0 Å². The van der Waals surface area contributed by atoms with Gasteiger partial charge >= 0.3 is 0 Å². The van der Waals surface area contributed by atoms with Crippen LogP contribution in [0.5, 0.6) is 0 Å². The molecule has 21 heavy (non-hydrogen) atoms. The minimum Gasteiger partial charge on any atom is -0.348 e. The van der Waals surface area contributed by atoms with Gasteiger partial charge in [-0.05, 0) is 36.8 Å². The van der Waals surface area contributed by atoms with Crippen molar-refractivity contribution in [3.05, 3.63) is 29.6 Å². The van der Waals surface area contributed by atoms with E-state index < -0.39 is 0 Å². The predicted octanol–water partition coefficient (Wildman–Crippen LogP) is 2.09. The molecule has 1 aromatic heterocycles. The summed E-state index contributed by atoms with van der Waals surface area (Å²) in [5, 5.41) is 3.11. The number of carbonyl (C=O) groups is 1. The molecular weight excluding hydrogens is 262 g/mol. The molecular formula is C17H23N3O. The monoisotopic (exact) mass is 285 g/mol. The maximum atomic E-state index is 12.4. The highest BCUT2D eigenvalue weighted by Crippen LogP contribution is 2.35. The molecule has 1 aromatic rings. The molecule has 0 radical (unpaired) electrons. The molecule has 1 heterocycles. The first-order valence-electron chi connectivity index (χ1n) is 7.47. The van der Waals surface area contributed by atoms with Gasteiger partial charge in [-0.25, -0.2) is 4.98 Å². The average Bonchev–Trinajstić information content (AvgIpc) is 2.44. The van der Waals surface area contributed by atoms with Gasteiger partial charge in [0.2, 0.25) is 0 Å². The number of aromatic nitrogens is 1. The third-order valence-corrected chi connectivity index (χ3v) is 3.89. The number of hydrogen-bond acceptors (Lipinski definition) is 3. The van der Waals surface area contributed by atoms with Crippen LogP contribution in [0.3, 0.4) is 0 Å². The Labute approximate surface area is 126 Å². The van der Waals surface area contributed by atoms with Crippen molar-refractivity contribution in [2.75, 3.05) is 6.54 Å². The number of nitrogens with one attached hydrogen (secondary N) is 1. The topological polar surface area (TPSA) is 68.0 Å². The van der Waals surface area contributed by atoms with E-state index in [1.165, 1.54) is 6.42 Å². The van der Waals surface area contributed by atoms with E-state index in [-0.39, 0.29) is 18.5 Å². The average molecular weight is 285 g/mol. The Bertz CT molecular complexity index is 569. The molecule has 0 saturated heterocycles. The van der Waals surface area contributed by atoms with Crippen molar-refractivity contribution in [1.29, 1.82) is 0 Å². The van der Waals surface area contributed by atoms with E-state index in [1.807, 2.05) is 0 Å². The Hall–Kier alpha value is -1.86. The summed E-state index contributed by atoms with van der Waals surface area (Å²) in [6, 6.07) is 3.80. The molecule has 3 N–H and O–H groups in total. The number of rotatable bonds is 2. The molecule has 1 saturated carbocycles. The summed E-state index contributed by atoms with van der Waals surface area (Å²) < 4.78 is 0. The summed E-state index contributed by atoms with van der Waals surface area (Å²) in [7, 11) is 0. The Balaban J connectivity index is 2.10. The maximum absolute atomic E-state index is 12.4. The third-order valence-electron chi connectivity index (χ3n) is 3.89. The van der Waals surface area contributed by atoms with Crippen molar-refractivity contribution >= 4 is 5.91 Å². The molecule has 1 amide bonds. The van der Waals surface area contributed by atoms with Crippen LogP contribution in [0.4, 0.5) is 0 Å². The van der Waals surface area contributed by atoms with Crippen LogP contribution in [-0.2, 0) is 0 Å². The molecule has 0 aromatic carbocycles. The number of pyridine rings is 1. The number of nitrogens with zero attached hydrogens (tertiary/aromatic N) is 1. The fourth-order valence-electron chi connectivity index (χ4n) is 2.91. The summed E-state index contributed by atoms with van der Waals surface area (Å²) in [6.45, 7) is 4.78. The first kappa shape index (κ1) is 15.5. The lowest BCUT2D eigenvalue weighted by Gasteiger charge is -2.35. The Morgan fingerprint density at radius 1 is 1.57 bits per heavy atom. The van der Waals surface area contributed by atoms with Gasteiger partial charge in [0.1, 0.15) is 5.69 Å². The third kappa shape index (κ3) is 4.30. The standard InChI is InChI=1S/C17H23N3O/c1-17(2)9-3-8-14(12-17)20-16(21)15-13(6-4-10-18)7-5-11-19-15/h5,7,11,14H,3,8-10,12,18H2,1-2H3,(H,20,21). The van der Waals surface area contributed by atoms with Gasteiger partial charge in [0.05, 0.1) is 12.1 Å². The second kappa shape index (κ2) is 6.73. The minimum atomic E-state index is -0.139. The fourth-order valence-corrected chi connectivity index (χ4v) is 2.91. The molecule has 0 spiro atoms. The lowest BCUT2D eigenvalue weighted by Crippen LogP contribution is -2.41. The number of hydrogen-bond donors (Lipinski definition) is 2. The number of nitrogens with two attached hydrogens (primary N) is 1. The van der Waals surface area contributed by atoms with E-state index in [1.54, 1.807) is 18.3 Å². The van der Waals surface area contributed by atoms with E-state index >= 15 is 0 Å². The van der Waals surface area contributed by atoms with Crippen LogP contribution < -0.4 is 11.1 Å². The lowest BCUT2D eigenvalue weighted by atomic mass is 9.75. The maximum Gasteiger partial charge on any atom is 0.271 e. The van der Waals surface area contributed by atoms with Crippen LogP contribution >= 0.6 is 0 Å². The highest BCUT2D eigenvalue weighted by Gasteiger charge is 2.29. The van der Waals surface area contributed by atoms with Crippen molar-refractivity contribution in [1.82, 2.24) is 10.3 Å². The van der Waals surface area contributed by atoms with Gasteiger partial charge in [0.25, 0.3) is 5.91 Å². The van der Waals surface area contributed by atoms with Crippen molar-refractivity contribution in [2.45, 2.75) is 45.6 Å². The van der Waals surface area contributed by atoms with Gasteiger partial charge in [0, 0.05) is 12.2 Å². The molecule has 1 fully saturated rings. The SMILES string of the molecule is CC1(C)CCCC(NC(=O)c2ncccc2C#CCN)C1. The Morgan fingerprint density at radius 3 is 3.10 bits per heavy atom. The van der Waals surface area contributed by atoms with E-state index in [9.17, 15) is 4.79 Å². The molecule has 1 aliphatic rings. The molecule has 1 aliphatic carbocycles. The number of amides is 1. The first-order chi connectivity index (χ1) is 10.0. The van der Waals surface area contributed by atoms with Crippen LogP contribution in [-0.4, -0.2) is 23.5 Å². The first-order valence-corrected chi connectivity index (χ1v) is 7.47. The second-order valence-electron chi connectivity index (χ2n) is 6.34. The quantitative estimate of drug-likeness (QED) is 0.818. The molecule has 1 unspecified atom stereocenters. The second-order valence-corrected chi connectivity index (χ2v) is 6.34. The summed E-state index contributed by atoms with van der Waals surface area (Å²) in [6.07, 6.45) is 6.03. The van der Waals surface area contributed by atoms with Crippen molar-refractivity contribution < 1.29 is 4.79 Å². The summed E-state index contributed by atoms with van der Waals surface area (Å²) in [4.78, 5) is 16.6. The smallest absolute Gasteiger partial charge is 0.271 e. The molecule has 112 valence electrons. The highest BCUT2D eigenvalue weighted by atomic mass is 16.1. The van der Waals surface area contributed by atoms with Gasteiger partial charge in [-0.2, -0.15) is 0 Å². The van der Waals surface area contributed by atoms with Crippen LogP contribution in [0.1, 0.15) is 55.6 Å². The summed E-state index contributed by atoms with van der Waals surface area (Å²) >= 11 is 0. The van der Waals surface area contributed by atoms with E-state index in [0.717, 1.165) is 19.3 Å². The zero-order valence-electron chi connectivity index (χ0n) is 12.8. The lowest BCUT2D eigenvalue weighted by molar-refractivity contribution is 0.0897. The summed E-state index contributed by atoms with van der Waals surface area (Å²) in [5.74, 6) is 5.54. The molecule has 0 aliphatic heterocycles. The van der Waals surface area contributed by atoms with E-state index in [0.29, 0.717) is 16.7 Å². The minimum absolute atomic E-state index is 0.139. The van der Waals surface area contributed by atoms with Gasteiger partial charge in [0.15, 0.2) is 0 Å². The molecule has 0 bridgehead atoms. The van der Waals surface area contributed by atoms with Gasteiger partial charge in [-0.15, -0.1) is 0 Å². The zero-order valence-corrected chi connectivity index (χ0v) is 12.8. The van der Waals surface area contributed by atoms with Crippen molar-refractivity contribution in [3.8, 4) is 11.8 Å². The Morgan fingerprint density at radius 2 is 2.38 bits per heavy atom. The highest BCUT2D eigenvalue weighted by molar-refractivity contribution is 5.94. The Kier molecular flexibility index (Phi) is 4.98. The molecule has 1 atom stereocenters. The zero-order chi connectivity index (χ0) is 15.3. The van der Waals surface area contributed by atoms with E-state index in [4.69, 9.17) is 5.73 Å². The van der Waals surface area contributed by atoms with Crippen LogP contribution in [0.15, 0.2) is 18.3 Å². The normalized spacial score (nSPS) is 20.2.